The molecule has 0 bridgehead atoms. The summed E-state index contributed by atoms with van der Waals surface area (Å²) in [4.78, 5) is 0. The zero-order valence-electron chi connectivity index (χ0n) is 12.9. The summed E-state index contributed by atoms with van der Waals surface area (Å²) < 4.78 is 20.8. The Balaban J connectivity index is 2.33. The van der Waals surface area contributed by atoms with Crippen LogP contribution in [0.5, 0.6) is 11.5 Å². The highest BCUT2D eigenvalue weighted by molar-refractivity contribution is 5.53. The fraction of sp³-hybridized carbons (Fsp3) is 0.600. The molecule has 0 aliphatic heterocycles. The van der Waals surface area contributed by atoms with E-state index < -0.39 is 6.10 Å². The van der Waals surface area contributed by atoms with Crippen LogP contribution in [0.4, 0.5) is 5.69 Å². The summed E-state index contributed by atoms with van der Waals surface area (Å²) in [5, 5.41) is 13.0. The van der Waals surface area contributed by atoms with Crippen LogP contribution < -0.4 is 14.8 Å². The number of hydrogen-bond donors (Lipinski definition) is 2. The highest BCUT2D eigenvalue weighted by Crippen LogP contribution is 2.25. The second-order valence-corrected chi connectivity index (χ2v) is 4.41. The molecule has 120 valence electrons. The summed E-state index contributed by atoms with van der Waals surface area (Å²) in [6, 6.07) is 5.47. The van der Waals surface area contributed by atoms with E-state index in [2.05, 4.69) is 5.32 Å². The number of nitrogens with one attached hydrogen (secondary N) is 1. The lowest BCUT2D eigenvalue weighted by molar-refractivity contribution is 0.0103. The summed E-state index contributed by atoms with van der Waals surface area (Å²) in [6.45, 7) is 4.28. The van der Waals surface area contributed by atoms with Gasteiger partial charge in [-0.25, -0.2) is 0 Å². The van der Waals surface area contributed by atoms with Gasteiger partial charge in [0.25, 0.3) is 0 Å². The summed E-state index contributed by atoms with van der Waals surface area (Å²) in [5.74, 6) is 1.39. The molecule has 0 radical (unpaired) electrons. The van der Waals surface area contributed by atoms with Gasteiger partial charge in [0.2, 0.25) is 0 Å². The van der Waals surface area contributed by atoms with Gasteiger partial charge >= 0.3 is 0 Å². The first kappa shape index (κ1) is 17.6. The van der Waals surface area contributed by atoms with Crippen molar-refractivity contribution in [1.29, 1.82) is 0 Å². The van der Waals surface area contributed by atoms with Crippen LogP contribution in [0.2, 0.25) is 0 Å². The third-order valence-corrected chi connectivity index (χ3v) is 2.78. The van der Waals surface area contributed by atoms with Crippen LogP contribution in [0.25, 0.3) is 0 Å². The van der Waals surface area contributed by atoms with E-state index in [0.717, 1.165) is 5.69 Å². The predicted octanol–water partition coefficient (Wildman–Crippen LogP) is 1.53. The largest absolute Gasteiger partial charge is 0.497 e. The Morgan fingerprint density at radius 2 is 1.67 bits per heavy atom. The van der Waals surface area contributed by atoms with Gasteiger partial charge < -0.3 is 29.4 Å². The van der Waals surface area contributed by atoms with Gasteiger partial charge in [0, 0.05) is 37.0 Å². The minimum atomic E-state index is -0.594. The Labute approximate surface area is 126 Å². The normalized spacial score (nSPS) is 12.0. The van der Waals surface area contributed by atoms with Crippen molar-refractivity contribution in [2.45, 2.75) is 13.0 Å². The van der Waals surface area contributed by atoms with Crippen LogP contribution in [0.15, 0.2) is 18.2 Å². The summed E-state index contributed by atoms with van der Waals surface area (Å²) >= 11 is 0. The van der Waals surface area contributed by atoms with Crippen LogP contribution in [-0.2, 0) is 9.47 Å². The molecule has 0 heterocycles. The molecule has 6 heteroatoms. The van der Waals surface area contributed by atoms with Gasteiger partial charge in [-0.15, -0.1) is 0 Å². The topological polar surface area (TPSA) is 69.2 Å². The second kappa shape index (κ2) is 10.3. The summed E-state index contributed by atoms with van der Waals surface area (Å²) in [7, 11) is 3.19. The van der Waals surface area contributed by atoms with Crippen molar-refractivity contribution in [3.8, 4) is 11.5 Å². The Hall–Kier alpha value is -1.50. The standard InChI is InChI=1S/C15H25NO5/c1-4-20-5-6-21-11-13(17)10-16-12-7-14(18-2)9-15(8-12)19-3/h7-9,13,16-17H,4-6,10-11H2,1-3H3. The maximum atomic E-state index is 9.83. The van der Waals surface area contributed by atoms with Gasteiger partial charge in [0.05, 0.1) is 40.1 Å². The number of hydrogen-bond acceptors (Lipinski definition) is 6. The number of ether oxygens (including phenoxy) is 4. The Morgan fingerprint density at radius 1 is 1.05 bits per heavy atom. The van der Waals surface area contributed by atoms with Crippen LogP contribution in [0.3, 0.4) is 0 Å². The molecular weight excluding hydrogens is 274 g/mol. The molecule has 0 aliphatic rings. The van der Waals surface area contributed by atoms with Crippen molar-refractivity contribution in [2.75, 3.05) is 52.5 Å². The molecule has 1 aromatic carbocycles. The SMILES string of the molecule is CCOCCOCC(O)CNc1cc(OC)cc(OC)c1. The summed E-state index contributed by atoms with van der Waals surface area (Å²) in [6.07, 6.45) is -0.594. The number of anilines is 1. The molecule has 0 spiro atoms. The second-order valence-electron chi connectivity index (χ2n) is 4.41. The van der Waals surface area contributed by atoms with Crippen molar-refractivity contribution >= 4 is 5.69 Å². The van der Waals surface area contributed by atoms with E-state index in [1.165, 1.54) is 0 Å². The van der Waals surface area contributed by atoms with E-state index >= 15 is 0 Å². The Morgan fingerprint density at radius 3 is 2.24 bits per heavy atom. The quantitative estimate of drug-likeness (QED) is 0.604. The number of benzene rings is 1. The minimum absolute atomic E-state index is 0.265. The van der Waals surface area contributed by atoms with E-state index in [1.54, 1.807) is 20.3 Å². The average Bonchev–Trinajstić information content (AvgIpc) is 2.52. The van der Waals surface area contributed by atoms with Crippen molar-refractivity contribution in [2.24, 2.45) is 0 Å². The molecule has 0 aliphatic carbocycles. The minimum Gasteiger partial charge on any atom is -0.497 e. The Kier molecular flexibility index (Phi) is 8.57. The molecule has 0 fully saturated rings. The molecular formula is C15H25NO5. The van der Waals surface area contributed by atoms with Crippen molar-refractivity contribution in [1.82, 2.24) is 0 Å². The molecule has 0 saturated carbocycles. The van der Waals surface area contributed by atoms with Crippen LogP contribution in [-0.4, -0.2) is 58.4 Å². The van der Waals surface area contributed by atoms with Gasteiger partial charge in [-0.1, -0.05) is 0 Å². The first-order valence-electron chi connectivity index (χ1n) is 7.00. The van der Waals surface area contributed by atoms with Gasteiger partial charge in [0.1, 0.15) is 11.5 Å². The highest BCUT2D eigenvalue weighted by atomic mass is 16.5. The maximum absolute atomic E-state index is 9.83. The number of methoxy groups -OCH3 is 2. The van der Waals surface area contributed by atoms with E-state index in [1.807, 2.05) is 19.1 Å². The van der Waals surface area contributed by atoms with E-state index in [-0.39, 0.29) is 6.61 Å². The third-order valence-electron chi connectivity index (χ3n) is 2.78. The molecule has 1 atom stereocenters. The molecule has 0 amide bonds. The van der Waals surface area contributed by atoms with Crippen molar-refractivity contribution < 1.29 is 24.1 Å². The third kappa shape index (κ3) is 7.17. The lowest BCUT2D eigenvalue weighted by atomic mass is 10.2. The highest BCUT2D eigenvalue weighted by Gasteiger charge is 2.06. The van der Waals surface area contributed by atoms with Gasteiger partial charge in [-0.3, -0.25) is 0 Å². The number of aliphatic hydroxyl groups excluding tert-OH is 1. The molecule has 6 nitrogen and oxygen atoms in total. The molecule has 2 N–H and O–H groups in total. The fourth-order valence-corrected chi connectivity index (χ4v) is 1.69. The van der Waals surface area contributed by atoms with Crippen LogP contribution >= 0.6 is 0 Å². The van der Waals surface area contributed by atoms with Crippen LogP contribution in [0, 0.1) is 0 Å². The van der Waals surface area contributed by atoms with E-state index in [0.29, 0.717) is 37.9 Å². The molecule has 0 aromatic heterocycles. The van der Waals surface area contributed by atoms with Crippen molar-refractivity contribution in [3.63, 3.8) is 0 Å². The monoisotopic (exact) mass is 299 g/mol. The first-order chi connectivity index (χ1) is 10.2. The lowest BCUT2D eigenvalue weighted by Gasteiger charge is -2.14. The average molecular weight is 299 g/mol. The maximum Gasteiger partial charge on any atom is 0.124 e. The summed E-state index contributed by atoms with van der Waals surface area (Å²) in [5.41, 5.74) is 0.819. The molecule has 21 heavy (non-hydrogen) atoms. The number of aliphatic hydroxyl groups is 1. The fourth-order valence-electron chi connectivity index (χ4n) is 1.69. The lowest BCUT2D eigenvalue weighted by Crippen LogP contribution is -2.25. The Bertz CT molecular complexity index is 377. The van der Waals surface area contributed by atoms with E-state index in [4.69, 9.17) is 18.9 Å². The zero-order chi connectivity index (χ0) is 15.5. The molecule has 1 rings (SSSR count). The van der Waals surface area contributed by atoms with Gasteiger partial charge in [-0.2, -0.15) is 0 Å². The molecule has 1 aromatic rings. The molecule has 0 saturated heterocycles. The van der Waals surface area contributed by atoms with Gasteiger partial charge in [-0.05, 0) is 6.92 Å². The van der Waals surface area contributed by atoms with Crippen molar-refractivity contribution in [3.05, 3.63) is 18.2 Å². The van der Waals surface area contributed by atoms with Crippen LogP contribution in [0.1, 0.15) is 6.92 Å². The predicted molar refractivity (Wildman–Crippen MR) is 81.4 cm³/mol. The smallest absolute Gasteiger partial charge is 0.124 e. The van der Waals surface area contributed by atoms with Gasteiger partial charge in [0.15, 0.2) is 0 Å². The molecule has 1 unspecified atom stereocenters. The zero-order valence-corrected chi connectivity index (χ0v) is 12.9. The first-order valence-corrected chi connectivity index (χ1v) is 7.00. The van der Waals surface area contributed by atoms with E-state index in [9.17, 15) is 5.11 Å². The number of rotatable bonds is 11.